The number of methoxy groups -OCH3 is 4. The third kappa shape index (κ3) is 13.0. The van der Waals surface area contributed by atoms with Gasteiger partial charge < -0.3 is 80.6 Å². The average Bonchev–Trinajstić information content (AvgIpc) is 3.56. The van der Waals surface area contributed by atoms with Crippen molar-refractivity contribution in [2.75, 3.05) is 49.6 Å². The first kappa shape index (κ1) is 60.4. The summed E-state index contributed by atoms with van der Waals surface area (Å²) in [4.78, 5) is 56.8. The van der Waals surface area contributed by atoms with Crippen molar-refractivity contribution in [3.05, 3.63) is 29.8 Å². The molecule has 0 aromatic heterocycles. The van der Waals surface area contributed by atoms with E-state index in [-0.39, 0.29) is 61.2 Å². The average molecular weight is 1120 g/mol. The molecule has 4 fully saturated rings. The number of Topliss-reactive ketones (excluding diaryl/α,β-unsaturated/α-hetero) is 1. The molecule has 1 unspecified atom stereocenters. The zero-order chi connectivity index (χ0) is 51.6. The van der Waals surface area contributed by atoms with E-state index in [1.807, 2.05) is 72.7 Å². The summed E-state index contributed by atoms with van der Waals surface area (Å²) in [5.41, 5.74) is -2.67. The van der Waals surface area contributed by atoms with Crippen LogP contribution in [-0.4, -0.2) is 161 Å². The molecule has 4 aliphatic heterocycles. The summed E-state index contributed by atoms with van der Waals surface area (Å²) in [6, 6.07) is 7.61. The second kappa shape index (κ2) is 24.5. The third-order valence-electron chi connectivity index (χ3n) is 15.7. The number of likely N-dealkylation sites (N-methyl/N-ethyl adjacent to an activating group) is 1. The van der Waals surface area contributed by atoms with Gasteiger partial charge in [-0.15, -0.1) is 11.8 Å². The Morgan fingerprint density at radius 3 is 1.97 bits per heavy atom. The highest BCUT2D eigenvalue weighted by molar-refractivity contribution is 7.99. The first-order valence-corrected chi connectivity index (χ1v) is 25.7. The summed E-state index contributed by atoms with van der Waals surface area (Å²) < 4.78 is 71.0. The van der Waals surface area contributed by atoms with Crippen molar-refractivity contribution in [1.82, 2.24) is 0 Å². The van der Waals surface area contributed by atoms with Crippen molar-refractivity contribution in [2.24, 2.45) is 29.6 Å². The maximum atomic E-state index is 15.2. The Morgan fingerprint density at radius 2 is 1.43 bits per heavy atom. The number of esters is 3. The van der Waals surface area contributed by atoms with E-state index in [1.165, 1.54) is 18.7 Å². The van der Waals surface area contributed by atoms with Crippen molar-refractivity contribution < 1.29 is 99.7 Å². The molecule has 0 aliphatic carbocycles. The SMILES string of the molecule is CC[C@H]1OC(=O)[C@H](C)[C@@H](O[C@H]2C[C@@](C)(OC)[C@@H](OC(C)=O)[C@H](C)O2)[C@H](C)[C@@H](O[C@@H]2O[C@H](C)C[C@H]([N+](C)(C)C)[C@H]2OC)[C@](C)(OC)C[C@@H](C)C(=O)[C@H](C)[C@H]2C(SCc3ccc(OC)cc3)C(=O)O[C@@]21C.[I-]. The molecule has 4 saturated heterocycles. The minimum absolute atomic E-state index is 0. The molecule has 4 aliphatic rings. The maximum Gasteiger partial charge on any atom is 0.320 e. The Morgan fingerprint density at radius 1 is 0.814 bits per heavy atom. The lowest BCUT2D eigenvalue weighted by atomic mass is 9.70. The summed E-state index contributed by atoms with van der Waals surface area (Å²) in [5, 5.41) is -0.760. The standard InChI is InChI=1S/C52H84NO15S.HI/c1-19-38-52(11)40(44(48(57)68-52)69-27-35-20-22-36(58-15)23-21-35)30(4)41(55)28(2)25-50(9,60-17)45(67-49-43(59-16)37(53(12,13)14)24-29(3)62-49)31(5)42(32(6)47(56)65-38)66-39-26-51(10,61-18)46(33(7)63-39)64-34(8)54;/h20-23,28-33,37-40,42-46,49H,19,24-27H2,1-18H3;1H/q+1;/p-1/t28-,29-,30-,31+,32-,33+,37+,38-,39+,40+,42+,43-,44?,45-,46+,49+,50-,51-,52-;/m1./s1. The van der Waals surface area contributed by atoms with Gasteiger partial charge in [0.05, 0.1) is 64.2 Å². The first-order valence-electron chi connectivity index (χ1n) is 24.7. The predicted molar refractivity (Wildman–Crippen MR) is 259 cm³/mol. The molecule has 400 valence electrons. The monoisotopic (exact) mass is 1120 g/mol. The van der Waals surface area contributed by atoms with Crippen LogP contribution in [0.15, 0.2) is 24.3 Å². The molecule has 4 heterocycles. The Bertz CT molecular complexity index is 1920. The maximum absolute atomic E-state index is 15.2. The number of benzene rings is 1. The van der Waals surface area contributed by atoms with Gasteiger partial charge in [0.25, 0.3) is 0 Å². The smallest absolute Gasteiger partial charge is 0.320 e. The number of nitrogens with zero attached hydrogens (tertiary/aromatic N) is 1. The lowest BCUT2D eigenvalue weighted by molar-refractivity contribution is -0.903. The van der Waals surface area contributed by atoms with E-state index in [1.54, 1.807) is 49.2 Å². The molecule has 0 spiro atoms. The quantitative estimate of drug-likeness (QED) is 0.114. The molecule has 1 aromatic rings. The van der Waals surface area contributed by atoms with Crippen molar-refractivity contribution in [2.45, 2.75) is 191 Å². The van der Waals surface area contributed by atoms with Crippen LogP contribution in [0.3, 0.4) is 0 Å². The highest BCUT2D eigenvalue weighted by atomic mass is 127. The molecule has 19 atom stereocenters. The Kier molecular flexibility index (Phi) is 21.1. The second-order valence-corrected chi connectivity index (χ2v) is 22.7. The van der Waals surface area contributed by atoms with Crippen LogP contribution in [0.4, 0.5) is 0 Å². The van der Waals surface area contributed by atoms with Gasteiger partial charge in [-0.1, -0.05) is 39.8 Å². The predicted octanol–water partition coefficient (Wildman–Crippen LogP) is 3.94. The number of halogens is 1. The molecule has 5 rings (SSSR count). The van der Waals surface area contributed by atoms with Crippen molar-refractivity contribution in [3.8, 4) is 5.75 Å². The minimum atomic E-state index is -1.38. The number of hydrogen-bond donors (Lipinski definition) is 0. The molecule has 0 radical (unpaired) electrons. The van der Waals surface area contributed by atoms with Crippen LogP contribution in [0.2, 0.25) is 0 Å². The largest absolute Gasteiger partial charge is 1.00 e. The summed E-state index contributed by atoms with van der Waals surface area (Å²) >= 11 is 1.41. The van der Waals surface area contributed by atoms with Gasteiger partial charge in [-0.3, -0.25) is 19.2 Å². The molecular weight excluding hydrogens is 1040 g/mol. The van der Waals surface area contributed by atoms with Gasteiger partial charge in [0.15, 0.2) is 30.4 Å². The number of hydrogen-bond acceptors (Lipinski definition) is 16. The molecule has 0 amide bonds. The molecule has 1 aromatic carbocycles. The van der Waals surface area contributed by atoms with E-state index < -0.39 is 119 Å². The lowest BCUT2D eigenvalue weighted by Crippen LogP contribution is -3.00. The summed E-state index contributed by atoms with van der Waals surface area (Å²) in [6.07, 6.45) is -5.49. The van der Waals surface area contributed by atoms with E-state index >= 15 is 9.59 Å². The van der Waals surface area contributed by atoms with Crippen LogP contribution in [-0.2, 0) is 72.3 Å². The fourth-order valence-corrected chi connectivity index (χ4v) is 13.2. The number of fused-ring (bicyclic) bond motifs is 1. The zero-order valence-corrected chi connectivity index (χ0v) is 47.9. The highest BCUT2D eigenvalue weighted by Gasteiger charge is 2.62. The molecule has 0 N–H and O–H groups in total. The Hall–Kier alpha value is -2.14. The topological polar surface area (TPSA) is 170 Å². The van der Waals surface area contributed by atoms with Crippen LogP contribution in [0.5, 0.6) is 5.75 Å². The molecular formula is C52H84INO15S. The normalized spacial score (nSPS) is 41.0. The van der Waals surface area contributed by atoms with E-state index in [0.29, 0.717) is 16.0 Å². The summed E-state index contributed by atoms with van der Waals surface area (Å²) in [5.74, 6) is -4.17. The van der Waals surface area contributed by atoms with Gasteiger partial charge in [0.1, 0.15) is 34.5 Å². The summed E-state index contributed by atoms with van der Waals surface area (Å²) in [7, 11) is 12.7. The second-order valence-electron chi connectivity index (χ2n) is 21.6. The van der Waals surface area contributed by atoms with E-state index in [2.05, 4.69) is 21.1 Å². The van der Waals surface area contributed by atoms with Gasteiger partial charge in [0, 0.05) is 70.5 Å². The van der Waals surface area contributed by atoms with Crippen LogP contribution in [0, 0.1) is 29.6 Å². The zero-order valence-electron chi connectivity index (χ0n) is 44.9. The Balaban J connectivity index is 0.0000107. The fourth-order valence-electron chi connectivity index (χ4n) is 11.7. The van der Waals surface area contributed by atoms with Crippen LogP contribution < -0.4 is 28.7 Å². The van der Waals surface area contributed by atoms with E-state index in [0.717, 1.165) is 12.0 Å². The van der Waals surface area contributed by atoms with Gasteiger partial charge in [-0.25, -0.2) is 0 Å². The number of thioether (sulfide) groups is 1. The number of cyclic esters (lactones) is 1. The van der Waals surface area contributed by atoms with E-state index in [9.17, 15) is 9.59 Å². The van der Waals surface area contributed by atoms with Crippen molar-refractivity contribution in [3.63, 3.8) is 0 Å². The number of rotatable bonds is 14. The molecule has 18 heteroatoms. The number of carbonyl (C=O) groups is 4. The molecule has 16 nitrogen and oxygen atoms in total. The van der Waals surface area contributed by atoms with Crippen LogP contribution in [0.25, 0.3) is 0 Å². The van der Waals surface area contributed by atoms with Gasteiger partial charge in [0.2, 0.25) is 0 Å². The van der Waals surface area contributed by atoms with E-state index in [4.69, 9.17) is 52.1 Å². The molecule has 0 bridgehead atoms. The number of quaternary nitrogens is 1. The number of carbonyl (C=O) groups excluding carboxylic acids is 4. The van der Waals surface area contributed by atoms with Gasteiger partial charge >= 0.3 is 17.9 Å². The van der Waals surface area contributed by atoms with Crippen LogP contribution in [0.1, 0.15) is 107 Å². The van der Waals surface area contributed by atoms with Crippen molar-refractivity contribution in [1.29, 1.82) is 0 Å². The summed E-state index contributed by atoms with van der Waals surface area (Å²) in [6.45, 7) is 20.0. The first-order chi connectivity index (χ1) is 32.2. The number of ether oxygens (including phenoxy) is 11. The lowest BCUT2D eigenvalue weighted by Gasteiger charge is -2.51. The van der Waals surface area contributed by atoms with Crippen LogP contribution >= 0.6 is 11.8 Å². The van der Waals surface area contributed by atoms with Crippen molar-refractivity contribution >= 4 is 35.5 Å². The molecule has 70 heavy (non-hydrogen) atoms. The Labute approximate surface area is 438 Å². The van der Waals surface area contributed by atoms with Gasteiger partial charge in [-0.05, 0) is 72.1 Å². The highest BCUT2D eigenvalue weighted by Crippen LogP contribution is 2.50. The molecule has 0 saturated carbocycles. The number of ketones is 1. The van der Waals surface area contributed by atoms with Gasteiger partial charge in [-0.2, -0.15) is 0 Å². The fraction of sp³-hybridized carbons (Fsp3) is 0.808. The third-order valence-corrected chi connectivity index (χ3v) is 17.0. The minimum Gasteiger partial charge on any atom is -1.00 e.